The van der Waals surface area contributed by atoms with Crippen LogP contribution in [0.3, 0.4) is 0 Å². The van der Waals surface area contributed by atoms with Gasteiger partial charge >= 0.3 is 0 Å². The molecule has 5 nitrogen and oxygen atoms in total. The first-order chi connectivity index (χ1) is 11.0. The van der Waals surface area contributed by atoms with E-state index in [0.717, 1.165) is 17.0 Å². The van der Waals surface area contributed by atoms with Crippen molar-refractivity contribution in [1.29, 1.82) is 0 Å². The largest absolute Gasteiger partial charge is 0.460 e. The molecule has 0 saturated heterocycles. The Morgan fingerprint density at radius 1 is 1.22 bits per heavy atom. The lowest BCUT2D eigenvalue weighted by Crippen LogP contribution is -2.15. The predicted molar refractivity (Wildman–Crippen MR) is 84.5 cm³/mol. The number of aromatic amines is 1. The van der Waals surface area contributed by atoms with Gasteiger partial charge in [-0.1, -0.05) is 12.1 Å². The summed E-state index contributed by atoms with van der Waals surface area (Å²) >= 11 is 0. The van der Waals surface area contributed by atoms with Gasteiger partial charge in [-0.3, -0.25) is 9.89 Å². The molecule has 118 valence electrons. The van der Waals surface area contributed by atoms with E-state index < -0.39 is 0 Å². The third kappa shape index (κ3) is 3.31. The molecule has 0 unspecified atom stereocenters. The lowest BCUT2D eigenvalue weighted by molar-refractivity contribution is -0.115. The molecular weight excluding hydrogens is 297 g/mol. The molecule has 3 rings (SSSR count). The zero-order chi connectivity index (χ0) is 16.4. The highest BCUT2D eigenvalue weighted by atomic mass is 19.1. The summed E-state index contributed by atoms with van der Waals surface area (Å²) in [5.74, 6) is 0.828. The number of aromatic nitrogens is 2. The monoisotopic (exact) mass is 313 g/mol. The Morgan fingerprint density at radius 2 is 1.96 bits per heavy atom. The second-order valence-corrected chi connectivity index (χ2v) is 5.33. The SMILES string of the molecule is Cc1ccc(-c2n[nH]c(C)c2NC(=O)Cc2ccc(F)cc2)o1. The molecule has 0 spiro atoms. The second-order valence-electron chi connectivity index (χ2n) is 5.33. The third-order valence-corrected chi connectivity index (χ3v) is 3.46. The van der Waals surface area contributed by atoms with Gasteiger partial charge in [0.2, 0.25) is 5.91 Å². The number of nitrogens with zero attached hydrogens (tertiary/aromatic N) is 1. The number of hydrogen-bond donors (Lipinski definition) is 2. The summed E-state index contributed by atoms with van der Waals surface area (Å²) in [7, 11) is 0. The van der Waals surface area contributed by atoms with E-state index in [1.165, 1.54) is 12.1 Å². The van der Waals surface area contributed by atoms with Crippen LogP contribution in [0, 0.1) is 19.7 Å². The maximum atomic E-state index is 12.9. The Balaban J connectivity index is 1.78. The predicted octanol–water partition coefficient (Wildman–Crippen LogP) is 3.61. The summed E-state index contributed by atoms with van der Waals surface area (Å²) in [6.45, 7) is 3.66. The first-order valence-electron chi connectivity index (χ1n) is 7.19. The first kappa shape index (κ1) is 15.0. The Morgan fingerprint density at radius 3 is 2.61 bits per heavy atom. The average molecular weight is 313 g/mol. The van der Waals surface area contributed by atoms with Crippen molar-refractivity contribution in [2.75, 3.05) is 5.32 Å². The molecule has 0 aliphatic carbocycles. The van der Waals surface area contributed by atoms with Crippen LogP contribution in [0.1, 0.15) is 17.0 Å². The Kier molecular flexibility index (Phi) is 3.97. The van der Waals surface area contributed by atoms with Crippen molar-refractivity contribution in [3.8, 4) is 11.5 Å². The molecule has 23 heavy (non-hydrogen) atoms. The van der Waals surface area contributed by atoms with E-state index in [9.17, 15) is 9.18 Å². The van der Waals surface area contributed by atoms with E-state index in [-0.39, 0.29) is 18.1 Å². The molecule has 3 aromatic rings. The van der Waals surface area contributed by atoms with Crippen LogP contribution in [-0.2, 0) is 11.2 Å². The highest BCUT2D eigenvalue weighted by Crippen LogP contribution is 2.29. The molecule has 1 aromatic carbocycles. The van der Waals surface area contributed by atoms with Crippen molar-refractivity contribution >= 4 is 11.6 Å². The zero-order valence-electron chi connectivity index (χ0n) is 12.8. The number of rotatable bonds is 4. The van der Waals surface area contributed by atoms with Crippen LogP contribution in [0.15, 0.2) is 40.8 Å². The van der Waals surface area contributed by atoms with Gasteiger partial charge in [-0.05, 0) is 43.7 Å². The fraction of sp³-hybridized carbons (Fsp3) is 0.176. The van der Waals surface area contributed by atoms with Crippen molar-refractivity contribution in [1.82, 2.24) is 10.2 Å². The highest BCUT2D eigenvalue weighted by molar-refractivity contribution is 5.96. The number of H-pyrrole nitrogens is 1. The number of aryl methyl sites for hydroxylation is 2. The Labute approximate surface area is 132 Å². The summed E-state index contributed by atoms with van der Waals surface area (Å²) in [6, 6.07) is 9.50. The fourth-order valence-electron chi connectivity index (χ4n) is 2.29. The van der Waals surface area contributed by atoms with Gasteiger partial charge in [-0.25, -0.2) is 4.39 Å². The number of carbonyl (C=O) groups excluding carboxylic acids is 1. The number of furan rings is 1. The van der Waals surface area contributed by atoms with E-state index in [2.05, 4.69) is 15.5 Å². The van der Waals surface area contributed by atoms with Crippen LogP contribution >= 0.6 is 0 Å². The molecule has 0 aliphatic heterocycles. The lowest BCUT2D eigenvalue weighted by Gasteiger charge is -2.06. The molecule has 2 N–H and O–H groups in total. The molecule has 6 heteroatoms. The van der Waals surface area contributed by atoms with E-state index in [0.29, 0.717) is 17.1 Å². The molecule has 0 fully saturated rings. The van der Waals surface area contributed by atoms with Crippen molar-refractivity contribution in [3.05, 3.63) is 59.2 Å². The van der Waals surface area contributed by atoms with Crippen LogP contribution in [0.2, 0.25) is 0 Å². The minimum absolute atomic E-state index is 0.154. The maximum absolute atomic E-state index is 12.9. The van der Waals surface area contributed by atoms with Crippen LogP contribution in [0.5, 0.6) is 0 Å². The average Bonchev–Trinajstić information content (AvgIpc) is 3.09. The molecule has 2 aromatic heterocycles. The van der Waals surface area contributed by atoms with Gasteiger partial charge in [-0.15, -0.1) is 0 Å². The normalized spacial score (nSPS) is 10.7. The van der Waals surface area contributed by atoms with Gasteiger partial charge in [0.1, 0.15) is 11.6 Å². The van der Waals surface area contributed by atoms with Gasteiger partial charge in [0.05, 0.1) is 17.8 Å². The molecular formula is C17H16FN3O2. The number of hydrogen-bond acceptors (Lipinski definition) is 3. The fourth-order valence-corrected chi connectivity index (χ4v) is 2.29. The van der Waals surface area contributed by atoms with Crippen molar-refractivity contribution < 1.29 is 13.6 Å². The summed E-state index contributed by atoms with van der Waals surface area (Å²) in [5, 5.41) is 9.88. The maximum Gasteiger partial charge on any atom is 0.228 e. The number of nitrogens with one attached hydrogen (secondary N) is 2. The van der Waals surface area contributed by atoms with Crippen LogP contribution < -0.4 is 5.32 Å². The first-order valence-corrected chi connectivity index (χ1v) is 7.19. The molecule has 0 radical (unpaired) electrons. The van der Waals surface area contributed by atoms with Crippen LogP contribution in [0.4, 0.5) is 10.1 Å². The smallest absolute Gasteiger partial charge is 0.228 e. The minimum Gasteiger partial charge on any atom is -0.460 e. The standard InChI is InChI=1S/C17H16FN3O2/c1-10-3-8-14(23-10)17-16(11(2)20-21-17)19-15(22)9-12-4-6-13(18)7-5-12/h3-8H,9H2,1-2H3,(H,19,22)(H,20,21). The summed E-state index contributed by atoms with van der Waals surface area (Å²) < 4.78 is 18.5. The summed E-state index contributed by atoms with van der Waals surface area (Å²) in [6.07, 6.45) is 0.154. The molecule has 2 heterocycles. The minimum atomic E-state index is -0.324. The lowest BCUT2D eigenvalue weighted by atomic mass is 10.1. The second kappa shape index (κ2) is 6.08. The third-order valence-electron chi connectivity index (χ3n) is 3.46. The number of amides is 1. The number of halogens is 1. The highest BCUT2D eigenvalue weighted by Gasteiger charge is 2.17. The number of benzene rings is 1. The van der Waals surface area contributed by atoms with Crippen molar-refractivity contribution in [2.24, 2.45) is 0 Å². The Bertz CT molecular complexity index is 834. The topological polar surface area (TPSA) is 70.9 Å². The van der Waals surface area contributed by atoms with Gasteiger partial charge in [0.15, 0.2) is 11.5 Å². The van der Waals surface area contributed by atoms with Gasteiger partial charge < -0.3 is 9.73 Å². The molecule has 0 saturated carbocycles. The van der Waals surface area contributed by atoms with E-state index in [1.54, 1.807) is 18.2 Å². The number of anilines is 1. The molecule has 0 atom stereocenters. The zero-order valence-corrected chi connectivity index (χ0v) is 12.8. The molecule has 1 amide bonds. The van der Waals surface area contributed by atoms with Crippen LogP contribution in [-0.4, -0.2) is 16.1 Å². The van der Waals surface area contributed by atoms with Crippen molar-refractivity contribution in [2.45, 2.75) is 20.3 Å². The van der Waals surface area contributed by atoms with Crippen molar-refractivity contribution in [3.63, 3.8) is 0 Å². The quantitative estimate of drug-likeness (QED) is 0.773. The number of carbonyl (C=O) groups is 1. The van der Waals surface area contributed by atoms with E-state index >= 15 is 0 Å². The molecule has 0 bridgehead atoms. The van der Waals surface area contributed by atoms with Crippen LogP contribution in [0.25, 0.3) is 11.5 Å². The summed E-state index contributed by atoms with van der Waals surface area (Å²) in [4.78, 5) is 12.2. The van der Waals surface area contributed by atoms with Gasteiger partial charge in [0, 0.05) is 0 Å². The van der Waals surface area contributed by atoms with Gasteiger partial charge in [0.25, 0.3) is 0 Å². The Hall–Kier alpha value is -2.89. The van der Waals surface area contributed by atoms with E-state index in [4.69, 9.17) is 4.42 Å². The molecule has 0 aliphatic rings. The van der Waals surface area contributed by atoms with Gasteiger partial charge in [-0.2, -0.15) is 5.10 Å². The van der Waals surface area contributed by atoms with E-state index in [1.807, 2.05) is 19.9 Å². The summed E-state index contributed by atoms with van der Waals surface area (Å²) in [5.41, 5.74) is 2.62.